The SMILES string of the molecule is CCCC[C@@H](CO)CC(=O)O.CCCC[C@H]1COC(=O)[C@@H]1COCc1ccccc1. The molecule has 30 heavy (non-hydrogen) atoms. The standard InChI is InChI=1S/C16H22O3.C8H16O3/c1-2-3-9-14-11-19-16(17)15(14)12-18-10-13-7-5-4-6-8-13;1-2-3-4-7(6-9)5-8(10)11/h4-8,14-15H,2-3,9-12H2,1H3;7,9H,2-6H2,1H3,(H,10,11)/t14-,15+;7-/m01/s1. The highest BCUT2D eigenvalue weighted by Crippen LogP contribution is 2.27. The number of rotatable bonds is 13. The van der Waals surface area contributed by atoms with E-state index in [-0.39, 0.29) is 30.8 Å². The molecule has 6 nitrogen and oxygen atoms in total. The van der Waals surface area contributed by atoms with Crippen molar-refractivity contribution in [1.82, 2.24) is 0 Å². The first-order valence-corrected chi connectivity index (χ1v) is 11.1. The van der Waals surface area contributed by atoms with Crippen LogP contribution in [0.3, 0.4) is 0 Å². The number of unbranched alkanes of at least 4 members (excludes halogenated alkanes) is 2. The molecule has 1 heterocycles. The largest absolute Gasteiger partial charge is 0.481 e. The van der Waals surface area contributed by atoms with Crippen molar-refractivity contribution in [3.05, 3.63) is 35.9 Å². The van der Waals surface area contributed by atoms with Gasteiger partial charge in [0.1, 0.15) is 0 Å². The Morgan fingerprint density at radius 1 is 1.20 bits per heavy atom. The Kier molecular flexibility index (Phi) is 13.8. The lowest BCUT2D eigenvalue weighted by Crippen LogP contribution is -2.22. The van der Waals surface area contributed by atoms with Crippen LogP contribution in [-0.2, 0) is 25.7 Å². The lowest BCUT2D eigenvalue weighted by Gasteiger charge is -2.14. The highest BCUT2D eigenvalue weighted by Gasteiger charge is 2.36. The fourth-order valence-corrected chi connectivity index (χ4v) is 3.44. The summed E-state index contributed by atoms with van der Waals surface area (Å²) < 4.78 is 10.8. The zero-order valence-electron chi connectivity index (χ0n) is 18.4. The van der Waals surface area contributed by atoms with E-state index in [1.165, 1.54) is 0 Å². The van der Waals surface area contributed by atoms with E-state index in [0.717, 1.165) is 44.1 Å². The molecule has 3 atom stereocenters. The first-order valence-electron chi connectivity index (χ1n) is 11.1. The number of carboxylic acids is 1. The summed E-state index contributed by atoms with van der Waals surface area (Å²) in [6, 6.07) is 10.0. The van der Waals surface area contributed by atoms with Crippen LogP contribution in [0.5, 0.6) is 0 Å². The van der Waals surface area contributed by atoms with Gasteiger partial charge in [-0.25, -0.2) is 0 Å². The molecule has 1 fully saturated rings. The van der Waals surface area contributed by atoms with E-state index in [9.17, 15) is 9.59 Å². The van der Waals surface area contributed by atoms with Crippen LogP contribution in [0.15, 0.2) is 30.3 Å². The molecule has 170 valence electrons. The quantitative estimate of drug-likeness (QED) is 0.457. The van der Waals surface area contributed by atoms with Crippen molar-refractivity contribution in [3.8, 4) is 0 Å². The molecule has 1 saturated heterocycles. The Labute approximate surface area is 180 Å². The molecular weight excluding hydrogens is 384 g/mol. The number of hydrogen-bond donors (Lipinski definition) is 2. The lowest BCUT2D eigenvalue weighted by atomic mass is 9.91. The van der Waals surface area contributed by atoms with Gasteiger partial charge in [0.2, 0.25) is 0 Å². The van der Waals surface area contributed by atoms with Gasteiger partial charge in [-0.1, -0.05) is 69.9 Å². The third-order valence-corrected chi connectivity index (χ3v) is 5.34. The predicted molar refractivity (Wildman–Crippen MR) is 116 cm³/mol. The van der Waals surface area contributed by atoms with Crippen LogP contribution in [-0.4, -0.2) is 42.0 Å². The maximum Gasteiger partial charge on any atom is 0.311 e. The second-order valence-electron chi connectivity index (χ2n) is 7.93. The van der Waals surface area contributed by atoms with Gasteiger partial charge in [0.05, 0.1) is 32.2 Å². The van der Waals surface area contributed by atoms with E-state index in [1.54, 1.807) is 0 Å². The first kappa shape index (κ1) is 26.1. The van der Waals surface area contributed by atoms with Crippen molar-refractivity contribution in [2.24, 2.45) is 17.8 Å². The smallest absolute Gasteiger partial charge is 0.311 e. The second kappa shape index (κ2) is 15.9. The molecule has 1 aliphatic heterocycles. The molecule has 0 spiro atoms. The molecule has 0 aromatic heterocycles. The molecule has 0 saturated carbocycles. The number of aliphatic hydroxyl groups excluding tert-OH is 1. The van der Waals surface area contributed by atoms with Gasteiger partial charge in [0.25, 0.3) is 0 Å². The Hall–Kier alpha value is -1.92. The maximum atomic E-state index is 11.7. The van der Waals surface area contributed by atoms with Crippen LogP contribution in [0, 0.1) is 17.8 Å². The number of ether oxygens (including phenoxy) is 2. The van der Waals surface area contributed by atoms with Crippen LogP contribution < -0.4 is 0 Å². The predicted octanol–water partition coefficient (Wildman–Crippen LogP) is 4.44. The molecule has 1 aromatic rings. The van der Waals surface area contributed by atoms with E-state index in [0.29, 0.717) is 25.7 Å². The number of hydrogen-bond acceptors (Lipinski definition) is 5. The summed E-state index contributed by atoms with van der Waals surface area (Å²) in [5.74, 6) is -0.694. The Balaban J connectivity index is 0.000000352. The number of benzene rings is 1. The van der Waals surface area contributed by atoms with Crippen LogP contribution in [0.25, 0.3) is 0 Å². The van der Waals surface area contributed by atoms with Gasteiger partial charge in [-0.3, -0.25) is 9.59 Å². The van der Waals surface area contributed by atoms with Crippen LogP contribution in [0.1, 0.15) is 64.4 Å². The summed E-state index contributed by atoms with van der Waals surface area (Å²) in [5.41, 5.74) is 1.14. The first-order chi connectivity index (χ1) is 14.5. The number of aliphatic carboxylic acids is 1. The number of esters is 1. The molecule has 2 N–H and O–H groups in total. The molecule has 0 aliphatic carbocycles. The van der Waals surface area contributed by atoms with Gasteiger partial charge in [-0.05, 0) is 24.3 Å². The van der Waals surface area contributed by atoms with E-state index in [4.69, 9.17) is 19.7 Å². The molecule has 6 heteroatoms. The van der Waals surface area contributed by atoms with Crippen molar-refractivity contribution in [1.29, 1.82) is 0 Å². The fraction of sp³-hybridized carbons (Fsp3) is 0.667. The summed E-state index contributed by atoms with van der Waals surface area (Å²) in [5, 5.41) is 17.1. The topological polar surface area (TPSA) is 93.1 Å². The Morgan fingerprint density at radius 3 is 2.50 bits per heavy atom. The van der Waals surface area contributed by atoms with Gasteiger partial charge in [-0.2, -0.15) is 0 Å². The van der Waals surface area contributed by atoms with Crippen molar-refractivity contribution in [2.75, 3.05) is 19.8 Å². The number of cyclic esters (lactones) is 1. The van der Waals surface area contributed by atoms with Gasteiger partial charge in [0.15, 0.2) is 0 Å². The van der Waals surface area contributed by atoms with E-state index >= 15 is 0 Å². The maximum absolute atomic E-state index is 11.7. The molecule has 1 aromatic carbocycles. The van der Waals surface area contributed by atoms with Gasteiger partial charge >= 0.3 is 11.9 Å². The fourth-order valence-electron chi connectivity index (χ4n) is 3.44. The number of carbonyl (C=O) groups is 2. The molecule has 1 aliphatic rings. The number of carbonyl (C=O) groups excluding carboxylic acids is 1. The summed E-state index contributed by atoms with van der Waals surface area (Å²) in [6.45, 7) is 5.81. The molecule has 2 rings (SSSR count). The van der Waals surface area contributed by atoms with Crippen molar-refractivity contribution < 1.29 is 29.3 Å². The van der Waals surface area contributed by atoms with Crippen molar-refractivity contribution in [3.63, 3.8) is 0 Å². The van der Waals surface area contributed by atoms with E-state index < -0.39 is 5.97 Å². The average molecular weight is 423 g/mol. The highest BCUT2D eigenvalue weighted by molar-refractivity contribution is 5.74. The molecule has 0 unspecified atom stereocenters. The van der Waals surface area contributed by atoms with Gasteiger partial charge in [0, 0.05) is 12.5 Å². The second-order valence-corrected chi connectivity index (χ2v) is 7.93. The molecule has 0 bridgehead atoms. The van der Waals surface area contributed by atoms with Gasteiger partial charge in [-0.15, -0.1) is 0 Å². The summed E-state index contributed by atoms with van der Waals surface area (Å²) in [6.07, 6.45) is 6.32. The Bertz CT molecular complexity index is 589. The minimum atomic E-state index is -0.819. The van der Waals surface area contributed by atoms with E-state index in [1.807, 2.05) is 30.3 Å². The zero-order chi connectivity index (χ0) is 22.2. The van der Waals surface area contributed by atoms with Crippen LogP contribution in [0.4, 0.5) is 0 Å². The summed E-state index contributed by atoms with van der Waals surface area (Å²) >= 11 is 0. The van der Waals surface area contributed by atoms with Crippen molar-refractivity contribution in [2.45, 2.75) is 65.4 Å². The normalized spacial score (nSPS) is 19.0. The molecule has 0 radical (unpaired) electrons. The lowest BCUT2D eigenvalue weighted by molar-refractivity contribution is -0.143. The molecule has 0 amide bonds. The average Bonchev–Trinajstić information content (AvgIpc) is 3.10. The minimum Gasteiger partial charge on any atom is -0.481 e. The van der Waals surface area contributed by atoms with Crippen molar-refractivity contribution >= 4 is 11.9 Å². The van der Waals surface area contributed by atoms with E-state index in [2.05, 4.69) is 13.8 Å². The number of aliphatic hydroxyl groups is 1. The monoisotopic (exact) mass is 422 g/mol. The third kappa shape index (κ3) is 10.7. The summed E-state index contributed by atoms with van der Waals surface area (Å²) in [4.78, 5) is 21.9. The highest BCUT2D eigenvalue weighted by atomic mass is 16.5. The zero-order valence-corrected chi connectivity index (χ0v) is 18.4. The Morgan fingerprint density at radius 2 is 1.90 bits per heavy atom. The number of carboxylic acid groups (broad SMARTS) is 1. The molecular formula is C24H38O6. The third-order valence-electron chi connectivity index (χ3n) is 5.34. The summed E-state index contributed by atoms with van der Waals surface area (Å²) in [7, 11) is 0. The minimum absolute atomic E-state index is 0.00764. The van der Waals surface area contributed by atoms with Gasteiger partial charge < -0.3 is 19.7 Å². The van der Waals surface area contributed by atoms with Crippen LogP contribution in [0.2, 0.25) is 0 Å². The van der Waals surface area contributed by atoms with Crippen LogP contribution >= 0.6 is 0 Å².